The van der Waals surface area contributed by atoms with Gasteiger partial charge >= 0.3 is 5.97 Å². The first-order chi connectivity index (χ1) is 8.74. The van der Waals surface area contributed by atoms with E-state index in [0.29, 0.717) is 17.1 Å². The molecular weight excluding hydrogens is 232 g/mol. The summed E-state index contributed by atoms with van der Waals surface area (Å²) in [5.41, 5.74) is 0.432. The molecule has 2 rings (SSSR count). The van der Waals surface area contributed by atoms with Gasteiger partial charge in [0.2, 0.25) is 0 Å². The summed E-state index contributed by atoms with van der Waals surface area (Å²) in [7, 11) is 3.07. The van der Waals surface area contributed by atoms with E-state index in [-0.39, 0.29) is 6.10 Å². The maximum absolute atomic E-state index is 11.9. The van der Waals surface area contributed by atoms with Crippen LogP contribution in [-0.2, 0) is 4.74 Å². The maximum atomic E-state index is 11.9. The largest absolute Gasteiger partial charge is 0.493 e. The van der Waals surface area contributed by atoms with E-state index in [2.05, 4.69) is 0 Å². The number of hydrogen-bond donors (Lipinski definition) is 0. The molecule has 18 heavy (non-hydrogen) atoms. The van der Waals surface area contributed by atoms with Crippen LogP contribution < -0.4 is 9.47 Å². The zero-order chi connectivity index (χ0) is 13.0. The quantitative estimate of drug-likeness (QED) is 0.765. The van der Waals surface area contributed by atoms with Gasteiger partial charge in [-0.2, -0.15) is 0 Å². The fraction of sp³-hybridized carbons (Fsp3) is 0.214. The Hall–Kier alpha value is -2.23. The highest BCUT2D eigenvalue weighted by Gasteiger charge is 2.15. The lowest BCUT2D eigenvalue weighted by molar-refractivity contribution is 0.0466. The zero-order valence-electron chi connectivity index (χ0n) is 10.3. The number of benzene rings is 1. The Morgan fingerprint density at radius 3 is 2.33 bits per heavy atom. The summed E-state index contributed by atoms with van der Waals surface area (Å²) >= 11 is 0. The molecule has 4 nitrogen and oxygen atoms in total. The van der Waals surface area contributed by atoms with Crippen LogP contribution in [0.2, 0.25) is 0 Å². The van der Waals surface area contributed by atoms with Crippen LogP contribution in [-0.4, -0.2) is 26.3 Å². The third kappa shape index (κ3) is 2.53. The predicted octanol–water partition coefficient (Wildman–Crippen LogP) is 2.36. The first-order valence-electron chi connectivity index (χ1n) is 5.52. The molecule has 0 N–H and O–H groups in total. The summed E-state index contributed by atoms with van der Waals surface area (Å²) in [6.45, 7) is 0. The average molecular weight is 246 g/mol. The zero-order valence-corrected chi connectivity index (χ0v) is 10.3. The van der Waals surface area contributed by atoms with Crippen LogP contribution in [0, 0.1) is 0 Å². The SMILES string of the molecule is COc1ccc(C(=O)OC2C=CC=C2)cc1OC. The molecular formula is C14H14O4. The molecule has 0 unspecified atom stereocenters. The predicted molar refractivity (Wildman–Crippen MR) is 67.0 cm³/mol. The summed E-state index contributed by atoms with van der Waals surface area (Å²) in [5.74, 6) is 0.691. The number of carbonyl (C=O) groups is 1. The Bertz CT molecular complexity index is 491. The van der Waals surface area contributed by atoms with Crippen molar-refractivity contribution >= 4 is 5.97 Å². The summed E-state index contributed by atoms with van der Waals surface area (Å²) in [5, 5.41) is 0. The van der Waals surface area contributed by atoms with Crippen molar-refractivity contribution in [2.24, 2.45) is 0 Å². The van der Waals surface area contributed by atoms with Gasteiger partial charge in [0.1, 0.15) is 6.10 Å². The summed E-state index contributed by atoms with van der Waals surface area (Å²) in [6.07, 6.45) is 7.00. The smallest absolute Gasteiger partial charge is 0.339 e. The van der Waals surface area contributed by atoms with E-state index in [1.807, 2.05) is 12.2 Å². The van der Waals surface area contributed by atoms with E-state index in [1.54, 1.807) is 37.5 Å². The second kappa shape index (κ2) is 5.40. The minimum atomic E-state index is -0.392. The molecule has 0 saturated heterocycles. The van der Waals surface area contributed by atoms with Gasteiger partial charge in [0.05, 0.1) is 19.8 Å². The van der Waals surface area contributed by atoms with Crippen molar-refractivity contribution in [1.82, 2.24) is 0 Å². The van der Waals surface area contributed by atoms with E-state index < -0.39 is 5.97 Å². The van der Waals surface area contributed by atoms with E-state index in [0.717, 1.165) is 0 Å². The van der Waals surface area contributed by atoms with Crippen molar-refractivity contribution in [2.45, 2.75) is 6.10 Å². The molecule has 94 valence electrons. The molecule has 0 fully saturated rings. The number of methoxy groups -OCH3 is 2. The Balaban J connectivity index is 2.14. The van der Waals surface area contributed by atoms with E-state index in [4.69, 9.17) is 14.2 Å². The second-order valence-corrected chi connectivity index (χ2v) is 3.71. The molecule has 0 atom stereocenters. The fourth-order valence-corrected chi connectivity index (χ4v) is 1.64. The number of ether oxygens (including phenoxy) is 3. The fourth-order valence-electron chi connectivity index (χ4n) is 1.64. The lowest BCUT2D eigenvalue weighted by Gasteiger charge is -2.11. The van der Waals surface area contributed by atoms with Crippen LogP contribution in [0.3, 0.4) is 0 Å². The summed E-state index contributed by atoms with van der Waals surface area (Å²) in [6, 6.07) is 4.92. The van der Waals surface area contributed by atoms with Crippen molar-refractivity contribution in [3.8, 4) is 11.5 Å². The van der Waals surface area contributed by atoms with E-state index in [1.165, 1.54) is 7.11 Å². The first-order valence-corrected chi connectivity index (χ1v) is 5.52. The Labute approximate surface area is 105 Å². The average Bonchev–Trinajstić information content (AvgIpc) is 2.90. The van der Waals surface area contributed by atoms with Crippen LogP contribution in [0.5, 0.6) is 11.5 Å². The number of esters is 1. The molecule has 1 aliphatic carbocycles. The lowest BCUT2D eigenvalue weighted by Crippen LogP contribution is -2.13. The normalized spacial score (nSPS) is 13.7. The van der Waals surface area contributed by atoms with Crippen molar-refractivity contribution in [2.75, 3.05) is 14.2 Å². The highest BCUT2D eigenvalue weighted by molar-refractivity contribution is 5.90. The minimum absolute atomic E-state index is 0.286. The minimum Gasteiger partial charge on any atom is -0.493 e. The van der Waals surface area contributed by atoms with E-state index in [9.17, 15) is 4.79 Å². The van der Waals surface area contributed by atoms with Gasteiger partial charge in [-0.15, -0.1) is 0 Å². The lowest BCUT2D eigenvalue weighted by atomic mass is 10.2. The topological polar surface area (TPSA) is 44.8 Å². The van der Waals surface area contributed by atoms with Crippen molar-refractivity contribution in [3.63, 3.8) is 0 Å². The van der Waals surface area contributed by atoms with Gasteiger partial charge in [-0.25, -0.2) is 4.79 Å². The molecule has 0 aromatic heterocycles. The molecule has 0 heterocycles. The number of hydrogen-bond acceptors (Lipinski definition) is 4. The number of carbonyl (C=O) groups excluding carboxylic acids is 1. The third-order valence-corrected chi connectivity index (χ3v) is 2.58. The molecule has 1 aromatic carbocycles. The molecule has 0 aliphatic heterocycles. The highest BCUT2D eigenvalue weighted by atomic mass is 16.5. The van der Waals surface area contributed by atoms with Gasteiger partial charge in [-0.05, 0) is 30.4 Å². The van der Waals surface area contributed by atoms with Crippen LogP contribution >= 0.6 is 0 Å². The van der Waals surface area contributed by atoms with Gasteiger partial charge in [0, 0.05) is 0 Å². The van der Waals surface area contributed by atoms with Crippen LogP contribution in [0.4, 0.5) is 0 Å². The van der Waals surface area contributed by atoms with Crippen molar-refractivity contribution in [1.29, 1.82) is 0 Å². The van der Waals surface area contributed by atoms with Gasteiger partial charge in [0.15, 0.2) is 11.5 Å². The third-order valence-electron chi connectivity index (χ3n) is 2.58. The molecule has 1 aliphatic rings. The monoisotopic (exact) mass is 246 g/mol. The Kier molecular flexibility index (Phi) is 3.67. The molecule has 0 spiro atoms. The summed E-state index contributed by atoms with van der Waals surface area (Å²) < 4.78 is 15.5. The summed E-state index contributed by atoms with van der Waals surface area (Å²) in [4.78, 5) is 11.9. The molecule has 4 heteroatoms. The van der Waals surface area contributed by atoms with Gasteiger partial charge in [0.25, 0.3) is 0 Å². The standard InChI is InChI=1S/C14H14O4/c1-16-12-8-7-10(9-13(12)17-2)14(15)18-11-5-3-4-6-11/h3-9,11H,1-2H3. The molecule has 0 saturated carbocycles. The van der Waals surface area contributed by atoms with Crippen molar-refractivity contribution < 1.29 is 19.0 Å². The van der Waals surface area contributed by atoms with Gasteiger partial charge < -0.3 is 14.2 Å². The highest BCUT2D eigenvalue weighted by Crippen LogP contribution is 2.28. The number of rotatable bonds is 4. The van der Waals surface area contributed by atoms with Gasteiger partial charge in [-0.3, -0.25) is 0 Å². The molecule has 1 aromatic rings. The second-order valence-electron chi connectivity index (χ2n) is 3.71. The first kappa shape index (κ1) is 12.2. The number of allylic oxidation sites excluding steroid dienone is 2. The van der Waals surface area contributed by atoms with E-state index >= 15 is 0 Å². The Morgan fingerprint density at radius 1 is 1.06 bits per heavy atom. The van der Waals surface area contributed by atoms with Crippen LogP contribution in [0.1, 0.15) is 10.4 Å². The molecule has 0 amide bonds. The van der Waals surface area contributed by atoms with Crippen LogP contribution in [0.15, 0.2) is 42.5 Å². The Morgan fingerprint density at radius 2 is 1.72 bits per heavy atom. The van der Waals surface area contributed by atoms with Crippen LogP contribution in [0.25, 0.3) is 0 Å². The molecule has 0 bridgehead atoms. The maximum Gasteiger partial charge on any atom is 0.339 e. The van der Waals surface area contributed by atoms with Gasteiger partial charge in [-0.1, -0.05) is 12.2 Å². The van der Waals surface area contributed by atoms with Crippen molar-refractivity contribution in [3.05, 3.63) is 48.1 Å². The molecule has 0 radical (unpaired) electrons.